The van der Waals surface area contributed by atoms with Gasteiger partial charge in [0, 0.05) is 63.3 Å². The van der Waals surface area contributed by atoms with Crippen molar-refractivity contribution in [3.63, 3.8) is 0 Å². The number of carbonyl (C=O) groups excluding carboxylic acids is 2. The van der Waals surface area contributed by atoms with Crippen LogP contribution in [0.15, 0.2) is 48.0 Å². The smallest absolute Gasteiger partial charge is 0.320 e. The summed E-state index contributed by atoms with van der Waals surface area (Å²) < 4.78 is 0. The van der Waals surface area contributed by atoms with Crippen LogP contribution < -0.4 is 10.2 Å². The Morgan fingerprint density at radius 2 is 1.73 bits per heavy atom. The highest BCUT2D eigenvalue weighted by Gasteiger charge is 2.30. The van der Waals surface area contributed by atoms with Crippen LogP contribution in [0.3, 0.4) is 0 Å². The molecule has 8 nitrogen and oxygen atoms in total. The summed E-state index contributed by atoms with van der Waals surface area (Å²) in [5.74, 6) is 0.968. The number of hydrogen-bond donors (Lipinski definition) is 1. The van der Waals surface area contributed by atoms with E-state index >= 15 is 0 Å². The summed E-state index contributed by atoms with van der Waals surface area (Å²) in [6.45, 7) is 4.62. The number of urea groups is 1. The van der Waals surface area contributed by atoms with Gasteiger partial charge >= 0.3 is 6.03 Å². The lowest BCUT2D eigenvalue weighted by Crippen LogP contribution is -2.54. The Bertz CT molecular complexity index is 1240. The topological polar surface area (TPSA) is 81.7 Å². The van der Waals surface area contributed by atoms with E-state index in [-0.39, 0.29) is 24.4 Å². The van der Waals surface area contributed by atoms with Gasteiger partial charge < -0.3 is 20.0 Å². The number of nitrogens with one attached hydrogen (secondary N) is 1. The Kier molecular flexibility index (Phi) is 8.12. The molecule has 1 N–H and O–H groups in total. The van der Waals surface area contributed by atoms with Gasteiger partial charge in [-0.25, -0.2) is 14.8 Å². The van der Waals surface area contributed by atoms with Gasteiger partial charge in [-0.2, -0.15) is 0 Å². The van der Waals surface area contributed by atoms with E-state index in [1.165, 1.54) is 11.3 Å². The number of thiazole rings is 1. The van der Waals surface area contributed by atoms with Crippen molar-refractivity contribution in [2.45, 2.75) is 25.3 Å². The van der Waals surface area contributed by atoms with Gasteiger partial charge in [0.15, 0.2) is 0 Å². The number of nitrogens with zero attached hydrogens (tertiary/aromatic N) is 5. The van der Waals surface area contributed by atoms with Crippen molar-refractivity contribution in [1.29, 1.82) is 0 Å². The molecular weight excluding hydrogens is 531 g/mol. The van der Waals surface area contributed by atoms with E-state index in [2.05, 4.69) is 20.2 Å². The van der Waals surface area contributed by atoms with Crippen LogP contribution in [0.25, 0.3) is 0 Å². The van der Waals surface area contributed by atoms with Crippen LogP contribution in [-0.4, -0.2) is 71.0 Å². The third-order valence-electron chi connectivity index (χ3n) is 6.86. The molecule has 11 heteroatoms. The minimum Gasteiger partial charge on any atom is -0.353 e. The van der Waals surface area contributed by atoms with E-state index in [9.17, 15) is 9.59 Å². The second-order valence-corrected chi connectivity index (χ2v) is 10.8. The first-order valence-corrected chi connectivity index (χ1v) is 14.0. The number of piperazine rings is 1. The molecule has 2 aliphatic rings. The molecule has 2 aliphatic heterocycles. The molecule has 0 unspecified atom stereocenters. The minimum atomic E-state index is -0.240. The summed E-state index contributed by atoms with van der Waals surface area (Å²) in [4.78, 5) is 40.9. The molecule has 5 rings (SSSR count). The molecule has 0 saturated carbocycles. The summed E-state index contributed by atoms with van der Waals surface area (Å²) in [7, 11) is 0. The number of carbonyl (C=O) groups is 2. The van der Waals surface area contributed by atoms with Gasteiger partial charge in [-0.15, -0.1) is 11.3 Å². The predicted octanol–water partition coefficient (Wildman–Crippen LogP) is 4.90. The van der Waals surface area contributed by atoms with Crippen LogP contribution >= 0.6 is 34.5 Å². The lowest BCUT2D eigenvalue weighted by Gasteiger charge is -2.39. The maximum atomic E-state index is 13.1. The van der Waals surface area contributed by atoms with Crippen molar-refractivity contribution in [2.24, 2.45) is 0 Å². The molecule has 0 radical (unpaired) electrons. The Labute approximate surface area is 230 Å². The Hall–Kier alpha value is -2.88. The standard InChI is InChI=1S/C26H28Cl2N6O2S/c27-20-5-3-4-19(23(20)28)16-30-24(35)21-17-37-25(31-21)18-7-10-33(11-8-18)26(36)34-14-12-32(13-15-34)22-6-1-2-9-29-22/h1-6,9,17-18H,7-8,10-16H2,(H,30,35). The zero-order valence-corrected chi connectivity index (χ0v) is 22.6. The van der Waals surface area contributed by atoms with Gasteiger partial charge in [-0.3, -0.25) is 4.79 Å². The molecule has 2 fully saturated rings. The lowest BCUT2D eigenvalue weighted by molar-refractivity contribution is 0.0946. The molecule has 37 heavy (non-hydrogen) atoms. The minimum absolute atomic E-state index is 0.109. The van der Waals surface area contributed by atoms with Crippen LogP contribution in [0, 0.1) is 0 Å². The number of halogens is 2. The average molecular weight is 560 g/mol. The normalized spacial score (nSPS) is 16.6. The number of aromatic nitrogens is 2. The van der Waals surface area contributed by atoms with E-state index in [0.717, 1.165) is 42.3 Å². The number of pyridine rings is 1. The van der Waals surface area contributed by atoms with Gasteiger partial charge in [0.1, 0.15) is 11.5 Å². The molecule has 3 aromatic rings. The molecule has 2 aromatic heterocycles. The van der Waals surface area contributed by atoms with Crippen molar-refractivity contribution >= 4 is 52.3 Å². The van der Waals surface area contributed by atoms with E-state index in [1.54, 1.807) is 23.7 Å². The SMILES string of the molecule is O=C(NCc1cccc(Cl)c1Cl)c1csc(C2CCN(C(=O)N3CCN(c4ccccn4)CC3)CC2)n1. The highest BCUT2D eigenvalue weighted by molar-refractivity contribution is 7.09. The Balaban J connectivity index is 1.09. The third-order valence-corrected chi connectivity index (χ3v) is 8.73. The number of benzene rings is 1. The zero-order chi connectivity index (χ0) is 25.8. The molecular formula is C26H28Cl2N6O2S. The van der Waals surface area contributed by atoms with Crippen molar-refractivity contribution < 1.29 is 9.59 Å². The Morgan fingerprint density at radius 3 is 2.46 bits per heavy atom. The summed E-state index contributed by atoms with van der Waals surface area (Å²) in [6, 6.07) is 11.4. The van der Waals surface area contributed by atoms with E-state index in [4.69, 9.17) is 23.2 Å². The molecule has 4 heterocycles. The van der Waals surface area contributed by atoms with Crippen LogP contribution in [-0.2, 0) is 6.54 Å². The number of amides is 3. The lowest BCUT2D eigenvalue weighted by atomic mass is 9.98. The number of rotatable bonds is 5. The van der Waals surface area contributed by atoms with E-state index in [0.29, 0.717) is 41.9 Å². The molecule has 0 atom stereocenters. The number of likely N-dealkylation sites (tertiary alicyclic amines) is 1. The summed E-state index contributed by atoms with van der Waals surface area (Å²) in [5.41, 5.74) is 1.16. The van der Waals surface area contributed by atoms with Crippen molar-refractivity contribution in [2.75, 3.05) is 44.2 Å². The highest BCUT2D eigenvalue weighted by Crippen LogP contribution is 2.31. The van der Waals surface area contributed by atoms with Gasteiger partial charge in [-0.1, -0.05) is 41.4 Å². The first-order valence-electron chi connectivity index (χ1n) is 12.4. The summed E-state index contributed by atoms with van der Waals surface area (Å²) in [6.07, 6.45) is 3.48. The van der Waals surface area contributed by atoms with E-state index < -0.39 is 0 Å². The molecule has 0 bridgehead atoms. The van der Waals surface area contributed by atoms with Gasteiger partial charge in [0.2, 0.25) is 0 Å². The number of piperidine rings is 1. The van der Waals surface area contributed by atoms with Crippen molar-refractivity contribution in [3.8, 4) is 0 Å². The zero-order valence-electron chi connectivity index (χ0n) is 20.3. The first kappa shape index (κ1) is 25.8. The van der Waals surface area contributed by atoms with E-state index in [1.807, 2.05) is 34.1 Å². The fourth-order valence-corrected chi connectivity index (χ4v) is 6.07. The Morgan fingerprint density at radius 1 is 0.973 bits per heavy atom. The second kappa shape index (κ2) is 11.7. The largest absolute Gasteiger partial charge is 0.353 e. The van der Waals surface area contributed by atoms with Crippen LogP contribution in [0.1, 0.15) is 39.8 Å². The van der Waals surface area contributed by atoms with Crippen molar-refractivity contribution in [1.82, 2.24) is 25.1 Å². The molecule has 194 valence electrons. The van der Waals surface area contributed by atoms with Gasteiger partial charge in [0.25, 0.3) is 5.91 Å². The maximum Gasteiger partial charge on any atom is 0.320 e. The van der Waals surface area contributed by atoms with Crippen LogP contribution in [0.5, 0.6) is 0 Å². The monoisotopic (exact) mass is 558 g/mol. The van der Waals surface area contributed by atoms with Crippen LogP contribution in [0.4, 0.5) is 10.6 Å². The fraction of sp³-hybridized carbons (Fsp3) is 0.385. The molecule has 0 aliphatic carbocycles. The number of anilines is 1. The maximum absolute atomic E-state index is 13.1. The quantitative estimate of drug-likeness (QED) is 0.481. The molecule has 1 aromatic carbocycles. The molecule has 3 amide bonds. The number of hydrogen-bond acceptors (Lipinski definition) is 6. The molecule has 2 saturated heterocycles. The summed E-state index contributed by atoms with van der Waals surface area (Å²) in [5, 5.41) is 6.51. The predicted molar refractivity (Wildman–Crippen MR) is 147 cm³/mol. The highest BCUT2D eigenvalue weighted by atomic mass is 35.5. The van der Waals surface area contributed by atoms with Crippen molar-refractivity contribution in [3.05, 3.63) is 74.3 Å². The average Bonchev–Trinajstić information content (AvgIpc) is 3.45. The fourth-order valence-electron chi connectivity index (χ4n) is 4.72. The summed E-state index contributed by atoms with van der Waals surface area (Å²) >= 11 is 13.8. The van der Waals surface area contributed by atoms with Crippen LogP contribution in [0.2, 0.25) is 10.0 Å². The first-order chi connectivity index (χ1) is 18.0. The second-order valence-electron chi connectivity index (χ2n) is 9.17. The third kappa shape index (κ3) is 6.00. The van der Waals surface area contributed by atoms with Gasteiger partial charge in [-0.05, 0) is 36.6 Å². The van der Waals surface area contributed by atoms with Gasteiger partial charge in [0.05, 0.1) is 15.1 Å². The molecule has 0 spiro atoms.